The second-order valence-corrected chi connectivity index (χ2v) is 6.90. The number of methoxy groups -OCH3 is 1. The Labute approximate surface area is 141 Å². The number of phosphoric acid groups is 1. The van der Waals surface area contributed by atoms with E-state index in [-0.39, 0.29) is 30.1 Å². The highest BCUT2D eigenvalue weighted by atomic mass is 31.2. The summed E-state index contributed by atoms with van der Waals surface area (Å²) >= 11 is 0. The van der Waals surface area contributed by atoms with E-state index in [1.165, 1.54) is 18.0 Å². The SMILES string of the molecule is COC[C@H]1O[C@@H](n2cnc3c(=O)[nH]c(N)nc32)C[C@H]1OP(=O)(O)OC. The van der Waals surface area contributed by atoms with Crippen molar-refractivity contribution in [3.63, 3.8) is 0 Å². The van der Waals surface area contributed by atoms with E-state index in [1.807, 2.05) is 0 Å². The molecule has 138 valence electrons. The van der Waals surface area contributed by atoms with Crippen molar-refractivity contribution in [3.8, 4) is 0 Å². The maximum Gasteiger partial charge on any atom is 0.472 e. The number of imidazole rings is 1. The van der Waals surface area contributed by atoms with Crippen LogP contribution >= 0.6 is 7.82 Å². The fraction of sp³-hybridized carbons (Fsp3) is 0.583. The van der Waals surface area contributed by atoms with Gasteiger partial charge in [0.2, 0.25) is 5.95 Å². The number of fused-ring (bicyclic) bond motifs is 1. The summed E-state index contributed by atoms with van der Waals surface area (Å²) in [7, 11) is -1.66. The number of hydrogen-bond acceptors (Lipinski definition) is 9. The third kappa shape index (κ3) is 3.59. The number of H-pyrrole nitrogens is 1. The van der Waals surface area contributed by atoms with Crippen LogP contribution in [0.25, 0.3) is 11.2 Å². The first kappa shape index (κ1) is 18.0. The van der Waals surface area contributed by atoms with Crippen LogP contribution in [0.2, 0.25) is 0 Å². The normalized spacial score (nSPS) is 26.1. The molecule has 2 aromatic rings. The van der Waals surface area contributed by atoms with Gasteiger partial charge in [0.15, 0.2) is 11.2 Å². The standard InChI is InChI=1S/C12H18N5O7P/c1-21-4-7-6(24-25(19,20)22-2)3-8(23-7)17-5-14-9-10(17)15-12(13)16-11(9)18/h5-8H,3-4H2,1-2H3,(H,19,20)(H3,13,15,16,18)/t6-,7-,8-/m1/s1. The summed E-state index contributed by atoms with van der Waals surface area (Å²) in [6.07, 6.45) is -0.444. The molecule has 0 amide bonds. The van der Waals surface area contributed by atoms with E-state index in [4.69, 9.17) is 19.7 Å². The van der Waals surface area contributed by atoms with E-state index in [2.05, 4.69) is 19.5 Å². The van der Waals surface area contributed by atoms with Gasteiger partial charge in [0.05, 0.1) is 12.9 Å². The molecule has 1 aliphatic rings. The lowest BCUT2D eigenvalue weighted by Crippen LogP contribution is -2.28. The summed E-state index contributed by atoms with van der Waals surface area (Å²) in [4.78, 5) is 31.9. The largest absolute Gasteiger partial charge is 0.472 e. The van der Waals surface area contributed by atoms with Gasteiger partial charge in [-0.25, -0.2) is 9.55 Å². The van der Waals surface area contributed by atoms with E-state index < -0.39 is 31.8 Å². The zero-order valence-corrected chi connectivity index (χ0v) is 14.4. The Morgan fingerprint density at radius 3 is 3.00 bits per heavy atom. The molecule has 0 aliphatic carbocycles. The first-order chi connectivity index (χ1) is 11.8. The van der Waals surface area contributed by atoms with Crippen LogP contribution in [-0.4, -0.2) is 57.4 Å². The molecule has 1 unspecified atom stereocenters. The molecule has 0 bridgehead atoms. The summed E-state index contributed by atoms with van der Waals surface area (Å²) in [5.41, 5.74) is 5.45. The predicted molar refractivity (Wildman–Crippen MR) is 84.7 cm³/mol. The Balaban J connectivity index is 1.91. The van der Waals surface area contributed by atoms with Crippen molar-refractivity contribution in [3.05, 3.63) is 16.7 Å². The molecule has 0 saturated carbocycles. The van der Waals surface area contributed by atoms with Crippen LogP contribution in [0.4, 0.5) is 5.95 Å². The Morgan fingerprint density at radius 2 is 2.32 bits per heavy atom. The molecule has 1 aliphatic heterocycles. The monoisotopic (exact) mass is 375 g/mol. The average Bonchev–Trinajstić information content (AvgIpc) is 3.12. The number of hydrogen-bond donors (Lipinski definition) is 3. The maximum atomic E-state index is 11.9. The Morgan fingerprint density at radius 1 is 1.56 bits per heavy atom. The smallest absolute Gasteiger partial charge is 0.382 e. The maximum absolute atomic E-state index is 11.9. The lowest BCUT2D eigenvalue weighted by Gasteiger charge is -2.19. The topological polar surface area (TPSA) is 164 Å². The highest BCUT2D eigenvalue weighted by Crippen LogP contribution is 2.47. The first-order valence-corrected chi connectivity index (χ1v) is 8.78. The Kier molecular flexibility index (Phi) is 4.91. The molecular formula is C12H18N5O7P. The summed E-state index contributed by atoms with van der Waals surface area (Å²) in [5.74, 6) is -0.0577. The number of nitrogens with two attached hydrogens (primary N) is 1. The summed E-state index contributed by atoms with van der Waals surface area (Å²) in [5, 5.41) is 0. The molecule has 3 rings (SSSR count). The second-order valence-electron chi connectivity index (χ2n) is 5.39. The minimum absolute atomic E-state index is 0.0577. The molecule has 13 heteroatoms. The number of ether oxygens (including phenoxy) is 2. The van der Waals surface area contributed by atoms with Crippen molar-refractivity contribution in [2.24, 2.45) is 0 Å². The highest BCUT2D eigenvalue weighted by molar-refractivity contribution is 7.47. The molecule has 0 spiro atoms. The van der Waals surface area contributed by atoms with E-state index in [9.17, 15) is 14.3 Å². The molecule has 0 radical (unpaired) electrons. The number of nitrogens with zero attached hydrogens (tertiary/aromatic N) is 3. The zero-order valence-electron chi connectivity index (χ0n) is 13.5. The third-order valence-electron chi connectivity index (χ3n) is 3.77. The van der Waals surface area contributed by atoms with Crippen LogP contribution in [0, 0.1) is 0 Å². The van der Waals surface area contributed by atoms with Crippen molar-refractivity contribution in [1.82, 2.24) is 19.5 Å². The van der Waals surface area contributed by atoms with Crippen LogP contribution in [-0.2, 0) is 23.1 Å². The number of rotatable bonds is 6. The molecule has 25 heavy (non-hydrogen) atoms. The van der Waals surface area contributed by atoms with Gasteiger partial charge in [-0.05, 0) is 0 Å². The average molecular weight is 375 g/mol. The lowest BCUT2D eigenvalue weighted by molar-refractivity contribution is -0.0520. The predicted octanol–water partition coefficient (Wildman–Crippen LogP) is -0.232. The van der Waals surface area contributed by atoms with E-state index in [0.29, 0.717) is 0 Å². The number of aromatic amines is 1. The second kappa shape index (κ2) is 6.83. The van der Waals surface area contributed by atoms with Crippen molar-refractivity contribution in [2.75, 3.05) is 26.6 Å². The fourth-order valence-corrected chi connectivity index (χ4v) is 3.31. The van der Waals surface area contributed by atoms with Gasteiger partial charge in [-0.1, -0.05) is 0 Å². The van der Waals surface area contributed by atoms with Gasteiger partial charge < -0.3 is 20.1 Å². The summed E-state index contributed by atoms with van der Waals surface area (Å²) < 4.78 is 33.7. The van der Waals surface area contributed by atoms with Crippen LogP contribution < -0.4 is 11.3 Å². The van der Waals surface area contributed by atoms with Crippen LogP contribution in [0.15, 0.2) is 11.1 Å². The van der Waals surface area contributed by atoms with Gasteiger partial charge >= 0.3 is 7.82 Å². The minimum Gasteiger partial charge on any atom is -0.382 e. The van der Waals surface area contributed by atoms with Gasteiger partial charge in [0, 0.05) is 20.6 Å². The van der Waals surface area contributed by atoms with Crippen molar-refractivity contribution < 1.29 is 28.0 Å². The molecule has 12 nitrogen and oxygen atoms in total. The van der Waals surface area contributed by atoms with Gasteiger partial charge in [-0.15, -0.1) is 0 Å². The van der Waals surface area contributed by atoms with E-state index in [0.717, 1.165) is 7.11 Å². The number of nitrogen functional groups attached to an aromatic ring is 1. The number of aromatic nitrogens is 4. The molecule has 4 N–H and O–H groups in total. The van der Waals surface area contributed by atoms with Crippen LogP contribution in [0.5, 0.6) is 0 Å². The van der Waals surface area contributed by atoms with E-state index >= 15 is 0 Å². The summed E-state index contributed by atoms with van der Waals surface area (Å²) in [6, 6.07) is 0. The molecule has 2 aromatic heterocycles. The van der Waals surface area contributed by atoms with Crippen LogP contribution in [0.1, 0.15) is 12.6 Å². The van der Waals surface area contributed by atoms with Crippen molar-refractivity contribution >= 4 is 24.9 Å². The summed E-state index contributed by atoms with van der Waals surface area (Å²) in [6.45, 7) is 0.133. The first-order valence-electron chi connectivity index (χ1n) is 7.28. The molecule has 1 saturated heterocycles. The molecule has 1 fully saturated rings. The molecule has 4 atom stereocenters. The third-order valence-corrected chi connectivity index (χ3v) is 4.77. The van der Waals surface area contributed by atoms with Crippen molar-refractivity contribution in [2.45, 2.75) is 24.9 Å². The van der Waals surface area contributed by atoms with Crippen molar-refractivity contribution in [1.29, 1.82) is 0 Å². The highest BCUT2D eigenvalue weighted by Gasteiger charge is 2.41. The molecule has 3 heterocycles. The molecule has 0 aromatic carbocycles. The van der Waals surface area contributed by atoms with Gasteiger partial charge in [-0.2, -0.15) is 4.98 Å². The van der Waals surface area contributed by atoms with E-state index in [1.54, 1.807) is 0 Å². The van der Waals surface area contributed by atoms with Crippen LogP contribution in [0.3, 0.4) is 0 Å². The molecular weight excluding hydrogens is 357 g/mol. The van der Waals surface area contributed by atoms with Gasteiger partial charge in [-0.3, -0.25) is 23.4 Å². The number of nitrogens with one attached hydrogen (secondary N) is 1. The Bertz CT molecular complexity index is 867. The van der Waals surface area contributed by atoms with Gasteiger partial charge in [0.25, 0.3) is 5.56 Å². The number of phosphoric ester groups is 1. The Hall–Kier alpha value is -1.82. The van der Waals surface area contributed by atoms with Gasteiger partial charge in [0.1, 0.15) is 18.4 Å². The lowest BCUT2D eigenvalue weighted by atomic mass is 10.2. The number of anilines is 1. The zero-order chi connectivity index (χ0) is 18.2. The quantitative estimate of drug-likeness (QED) is 0.574. The minimum atomic E-state index is -4.20. The fourth-order valence-electron chi connectivity index (χ4n) is 2.66.